The van der Waals surface area contributed by atoms with Gasteiger partial charge in [-0.25, -0.2) is 0 Å². The highest BCUT2D eigenvalue weighted by Crippen LogP contribution is 2.37. The van der Waals surface area contributed by atoms with Gasteiger partial charge in [-0.2, -0.15) is 0 Å². The van der Waals surface area contributed by atoms with Crippen molar-refractivity contribution in [1.82, 2.24) is 5.32 Å². The van der Waals surface area contributed by atoms with Crippen LogP contribution in [0, 0.1) is 11.8 Å². The molecular formula is C14H19Cl2N. The predicted molar refractivity (Wildman–Crippen MR) is 74.9 cm³/mol. The molecule has 1 aliphatic carbocycles. The molecule has 0 aliphatic heterocycles. The Hall–Kier alpha value is -0.240. The largest absolute Gasteiger partial charge is 0.317 e. The lowest BCUT2D eigenvalue weighted by atomic mass is 9.71. The standard InChI is InChI=1S/C14H19Cl2N/c1-2-17-9-12-5-4-11(12)7-10-3-6-13(15)14(16)8-10/h3,6,8,11-12,17H,2,4-5,7,9H2,1H3. The van der Waals surface area contributed by atoms with Gasteiger partial charge in [-0.15, -0.1) is 0 Å². The first-order valence-corrected chi connectivity index (χ1v) is 7.11. The molecule has 2 atom stereocenters. The Labute approximate surface area is 114 Å². The Kier molecular flexibility index (Phi) is 4.72. The summed E-state index contributed by atoms with van der Waals surface area (Å²) in [5, 5.41) is 4.76. The van der Waals surface area contributed by atoms with Crippen molar-refractivity contribution in [2.75, 3.05) is 13.1 Å². The van der Waals surface area contributed by atoms with Crippen LogP contribution < -0.4 is 5.32 Å². The lowest BCUT2D eigenvalue weighted by Gasteiger charge is -2.37. The summed E-state index contributed by atoms with van der Waals surface area (Å²) in [7, 11) is 0. The topological polar surface area (TPSA) is 12.0 Å². The van der Waals surface area contributed by atoms with Gasteiger partial charge in [-0.05, 0) is 61.9 Å². The first-order valence-electron chi connectivity index (χ1n) is 6.35. The number of hydrogen-bond acceptors (Lipinski definition) is 1. The van der Waals surface area contributed by atoms with Crippen molar-refractivity contribution in [3.63, 3.8) is 0 Å². The molecular weight excluding hydrogens is 253 g/mol. The van der Waals surface area contributed by atoms with Crippen molar-refractivity contribution in [1.29, 1.82) is 0 Å². The Balaban J connectivity index is 1.90. The van der Waals surface area contributed by atoms with Gasteiger partial charge in [0, 0.05) is 0 Å². The first-order chi connectivity index (χ1) is 8.20. The minimum absolute atomic E-state index is 0.647. The summed E-state index contributed by atoms with van der Waals surface area (Å²) in [5.41, 5.74) is 1.31. The smallest absolute Gasteiger partial charge is 0.0595 e. The van der Waals surface area contributed by atoms with Crippen molar-refractivity contribution in [3.8, 4) is 0 Å². The lowest BCUT2D eigenvalue weighted by molar-refractivity contribution is 0.172. The number of halogens is 2. The lowest BCUT2D eigenvalue weighted by Crippen LogP contribution is -2.36. The summed E-state index contributed by atoms with van der Waals surface area (Å²) in [4.78, 5) is 0. The second-order valence-electron chi connectivity index (χ2n) is 4.86. The van der Waals surface area contributed by atoms with Gasteiger partial charge in [-0.3, -0.25) is 0 Å². The van der Waals surface area contributed by atoms with Gasteiger partial charge in [0.2, 0.25) is 0 Å². The maximum Gasteiger partial charge on any atom is 0.0595 e. The number of rotatable bonds is 5. The van der Waals surface area contributed by atoms with Crippen LogP contribution in [0.5, 0.6) is 0 Å². The Bertz CT molecular complexity index is 378. The van der Waals surface area contributed by atoms with E-state index in [2.05, 4.69) is 18.3 Å². The van der Waals surface area contributed by atoms with Crippen LogP contribution >= 0.6 is 23.2 Å². The first kappa shape index (κ1) is 13.2. The van der Waals surface area contributed by atoms with Crippen molar-refractivity contribution >= 4 is 23.2 Å². The maximum atomic E-state index is 6.03. The molecule has 1 aliphatic rings. The van der Waals surface area contributed by atoms with E-state index < -0.39 is 0 Å². The average molecular weight is 272 g/mol. The summed E-state index contributed by atoms with van der Waals surface area (Å²) in [6.07, 6.45) is 3.84. The maximum absolute atomic E-state index is 6.03. The fraction of sp³-hybridized carbons (Fsp3) is 0.571. The second-order valence-corrected chi connectivity index (χ2v) is 5.67. The fourth-order valence-electron chi connectivity index (χ4n) is 2.47. The molecule has 1 saturated carbocycles. The molecule has 0 saturated heterocycles. The van der Waals surface area contributed by atoms with E-state index in [0.717, 1.165) is 31.3 Å². The van der Waals surface area contributed by atoms with E-state index in [4.69, 9.17) is 23.2 Å². The van der Waals surface area contributed by atoms with Gasteiger partial charge >= 0.3 is 0 Å². The van der Waals surface area contributed by atoms with Crippen LogP contribution in [0.25, 0.3) is 0 Å². The zero-order valence-corrected chi connectivity index (χ0v) is 11.7. The van der Waals surface area contributed by atoms with Crippen LogP contribution in [0.1, 0.15) is 25.3 Å². The van der Waals surface area contributed by atoms with Crippen LogP contribution in [0.15, 0.2) is 18.2 Å². The Morgan fingerprint density at radius 2 is 1.94 bits per heavy atom. The monoisotopic (exact) mass is 271 g/mol. The van der Waals surface area contributed by atoms with Gasteiger partial charge in [0.15, 0.2) is 0 Å². The van der Waals surface area contributed by atoms with E-state index in [9.17, 15) is 0 Å². The van der Waals surface area contributed by atoms with E-state index >= 15 is 0 Å². The summed E-state index contributed by atoms with van der Waals surface area (Å²) in [6.45, 7) is 4.38. The van der Waals surface area contributed by atoms with Crippen LogP contribution in [-0.2, 0) is 6.42 Å². The van der Waals surface area contributed by atoms with Gasteiger partial charge in [-0.1, -0.05) is 36.2 Å². The molecule has 2 rings (SSSR count). The van der Waals surface area contributed by atoms with Crippen LogP contribution in [0.2, 0.25) is 10.0 Å². The van der Waals surface area contributed by atoms with Crippen LogP contribution in [-0.4, -0.2) is 13.1 Å². The Morgan fingerprint density at radius 3 is 2.53 bits per heavy atom. The molecule has 0 radical (unpaired) electrons. The number of hydrogen-bond donors (Lipinski definition) is 1. The quantitative estimate of drug-likeness (QED) is 0.848. The molecule has 1 aromatic rings. The highest BCUT2D eigenvalue weighted by atomic mass is 35.5. The Morgan fingerprint density at radius 1 is 1.18 bits per heavy atom. The van der Waals surface area contributed by atoms with E-state index in [0.29, 0.717) is 10.0 Å². The van der Waals surface area contributed by atoms with Gasteiger partial charge < -0.3 is 5.32 Å². The predicted octanol–water partition coefficient (Wildman–Crippen LogP) is 4.17. The van der Waals surface area contributed by atoms with E-state index in [-0.39, 0.29) is 0 Å². The van der Waals surface area contributed by atoms with Crippen molar-refractivity contribution in [2.24, 2.45) is 11.8 Å². The molecule has 94 valence electrons. The number of benzene rings is 1. The number of nitrogens with one attached hydrogen (secondary N) is 1. The molecule has 0 heterocycles. The third-order valence-electron chi connectivity index (χ3n) is 3.71. The summed E-state index contributed by atoms with van der Waals surface area (Å²) in [5.74, 6) is 1.65. The highest BCUT2D eigenvalue weighted by molar-refractivity contribution is 6.42. The minimum atomic E-state index is 0.647. The molecule has 1 aromatic carbocycles. The van der Waals surface area contributed by atoms with E-state index in [1.54, 1.807) is 0 Å². The van der Waals surface area contributed by atoms with Gasteiger partial charge in [0.25, 0.3) is 0 Å². The SMILES string of the molecule is CCNCC1CCC1Cc1ccc(Cl)c(Cl)c1. The van der Waals surface area contributed by atoms with E-state index in [1.807, 2.05) is 12.1 Å². The van der Waals surface area contributed by atoms with Gasteiger partial charge in [0.05, 0.1) is 10.0 Å². The summed E-state index contributed by atoms with van der Waals surface area (Å²) in [6, 6.07) is 6.00. The molecule has 1 nitrogen and oxygen atoms in total. The van der Waals surface area contributed by atoms with E-state index in [1.165, 1.54) is 18.4 Å². The normalized spacial score (nSPS) is 23.5. The molecule has 17 heavy (non-hydrogen) atoms. The third kappa shape index (κ3) is 3.37. The zero-order chi connectivity index (χ0) is 12.3. The van der Waals surface area contributed by atoms with Crippen molar-refractivity contribution in [3.05, 3.63) is 33.8 Å². The van der Waals surface area contributed by atoms with Gasteiger partial charge in [0.1, 0.15) is 0 Å². The molecule has 3 heteroatoms. The molecule has 1 fully saturated rings. The van der Waals surface area contributed by atoms with Crippen molar-refractivity contribution in [2.45, 2.75) is 26.2 Å². The molecule has 0 amide bonds. The average Bonchev–Trinajstić information content (AvgIpc) is 2.29. The molecule has 1 N–H and O–H groups in total. The summed E-state index contributed by atoms with van der Waals surface area (Å²) < 4.78 is 0. The molecule has 0 aromatic heterocycles. The van der Waals surface area contributed by atoms with Crippen LogP contribution in [0.4, 0.5) is 0 Å². The fourth-order valence-corrected chi connectivity index (χ4v) is 2.80. The summed E-state index contributed by atoms with van der Waals surface area (Å²) >= 11 is 12.0. The second kappa shape index (κ2) is 6.08. The molecule has 0 bridgehead atoms. The van der Waals surface area contributed by atoms with Crippen LogP contribution in [0.3, 0.4) is 0 Å². The molecule has 0 spiro atoms. The minimum Gasteiger partial charge on any atom is -0.317 e. The third-order valence-corrected chi connectivity index (χ3v) is 4.45. The van der Waals surface area contributed by atoms with Crippen molar-refractivity contribution < 1.29 is 0 Å². The highest BCUT2D eigenvalue weighted by Gasteiger charge is 2.30. The zero-order valence-electron chi connectivity index (χ0n) is 10.2. The molecule has 2 unspecified atom stereocenters.